The Labute approximate surface area is 143 Å². The quantitative estimate of drug-likeness (QED) is 0.767. The molecule has 2 rings (SSSR count). The van der Waals surface area contributed by atoms with E-state index in [4.69, 9.17) is 0 Å². The monoisotopic (exact) mass is 328 g/mol. The van der Waals surface area contributed by atoms with Crippen LogP contribution < -0.4 is 0 Å². The van der Waals surface area contributed by atoms with Gasteiger partial charge in [-0.15, -0.1) is 11.8 Å². The predicted molar refractivity (Wildman–Crippen MR) is 96.4 cm³/mol. The summed E-state index contributed by atoms with van der Waals surface area (Å²) in [6.07, 6.45) is 1.77. The number of thioether (sulfide) groups is 1. The number of hydrogen-bond acceptors (Lipinski definition) is 3. The Hall–Kier alpha value is -1.81. The van der Waals surface area contributed by atoms with Crippen LogP contribution in [0.15, 0.2) is 53.6 Å². The largest absolute Gasteiger partial charge is 0.331 e. The second-order valence-corrected chi connectivity index (χ2v) is 7.62. The zero-order chi connectivity index (χ0) is 16.9. The molecule has 0 aliphatic carbocycles. The van der Waals surface area contributed by atoms with Crippen molar-refractivity contribution < 1.29 is 4.79 Å². The molecule has 0 saturated heterocycles. The highest BCUT2D eigenvalue weighted by atomic mass is 32.2. The first kappa shape index (κ1) is 17.5. The van der Waals surface area contributed by atoms with Gasteiger partial charge in [-0.3, -0.25) is 9.78 Å². The molecule has 1 heterocycles. The van der Waals surface area contributed by atoms with E-state index in [-0.39, 0.29) is 11.4 Å². The molecule has 0 N–H and O–H groups in total. The van der Waals surface area contributed by atoms with Crippen molar-refractivity contribution in [3.8, 4) is 0 Å². The fourth-order valence-corrected chi connectivity index (χ4v) is 2.99. The molecule has 0 aliphatic rings. The summed E-state index contributed by atoms with van der Waals surface area (Å²) in [5, 5.41) is 0. The third kappa shape index (κ3) is 5.39. The van der Waals surface area contributed by atoms with E-state index < -0.39 is 0 Å². The first-order valence-corrected chi connectivity index (χ1v) is 8.74. The summed E-state index contributed by atoms with van der Waals surface area (Å²) in [6, 6.07) is 14.1. The molecular weight excluding hydrogens is 304 g/mol. The number of carbonyl (C=O) groups excluding carboxylic acids is 1. The van der Waals surface area contributed by atoms with Crippen molar-refractivity contribution in [1.29, 1.82) is 0 Å². The lowest BCUT2D eigenvalue weighted by molar-refractivity contribution is -0.133. The SMILES string of the molecule is Cc1ccc(SCC(=O)N(Cc2ccccn2)C(C)(C)C)cc1. The van der Waals surface area contributed by atoms with Gasteiger partial charge in [0.1, 0.15) is 0 Å². The molecule has 23 heavy (non-hydrogen) atoms. The highest BCUT2D eigenvalue weighted by Crippen LogP contribution is 2.22. The topological polar surface area (TPSA) is 33.2 Å². The van der Waals surface area contributed by atoms with Gasteiger partial charge in [-0.25, -0.2) is 0 Å². The molecular formula is C19H24N2OS. The maximum Gasteiger partial charge on any atom is 0.233 e. The molecule has 0 atom stereocenters. The molecule has 2 aromatic rings. The number of nitrogens with zero attached hydrogens (tertiary/aromatic N) is 2. The van der Waals surface area contributed by atoms with Crippen molar-refractivity contribution in [1.82, 2.24) is 9.88 Å². The maximum absolute atomic E-state index is 12.7. The van der Waals surface area contributed by atoms with Crippen LogP contribution in [0, 0.1) is 6.92 Å². The lowest BCUT2D eigenvalue weighted by Crippen LogP contribution is -2.46. The summed E-state index contributed by atoms with van der Waals surface area (Å²) in [6.45, 7) is 8.78. The molecule has 0 radical (unpaired) electrons. The molecule has 0 fully saturated rings. The van der Waals surface area contributed by atoms with Crippen molar-refractivity contribution in [2.75, 3.05) is 5.75 Å². The van der Waals surface area contributed by atoms with Gasteiger partial charge in [-0.2, -0.15) is 0 Å². The van der Waals surface area contributed by atoms with Gasteiger partial charge in [-0.1, -0.05) is 23.8 Å². The second-order valence-electron chi connectivity index (χ2n) is 6.57. The van der Waals surface area contributed by atoms with Crippen LogP contribution in [-0.4, -0.2) is 27.1 Å². The van der Waals surface area contributed by atoms with E-state index >= 15 is 0 Å². The number of hydrogen-bond donors (Lipinski definition) is 0. The molecule has 1 aromatic carbocycles. The van der Waals surface area contributed by atoms with Gasteiger partial charge in [0, 0.05) is 16.6 Å². The molecule has 1 amide bonds. The maximum atomic E-state index is 12.7. The van der Waals surface area contributed by atoms with E-state index in [1.807, 2.05) is 23.1 Å². The van der Waals surface area contributed by atoms with E-state index in [0.29, 0.717) is 12.3 Å². The average molecular weight is 328 g/mol. The minimum Gasteiger partial charge on any atom is -0.331 e. The Kier molecular flexibility index (Phi) is 5.83. The van der Waals surface area contributed by atoms with E-state index in [9.17, 15) is 4.79 Å². The molecule has 1 aromatic heterocycles. The molecule has 3 nitrogen and oxygen atoms in total. The summed E-state index contributed by atoms with van der Waals surface area (Å²) < 4.78 is 0. The van der Waals surface area contributed by atoms with Crippen molar-refractivity contribution in [2.45, 2.75) is 44.7 Å². The first-order chi connectivity index (χ1) is 10.9. The van der Waals surface area contributed by atoms with E-state index in [0.717, 1.165) is 10.6 Å². The summed E-state index contributed by atoms with van der Waals surface area (Å²) >= 11 is 1.58. The summed E-state index contributed by atoms with van der Waals surface area (Å²) in [5.41, 5.74) is 1.91. The van der Waals surface area contributed by atoms with Gasteiger partial charge in [0.05, 0.1) is 18.0 Å². The second kappa shape index (κ2) is 7.64. The fraction of sp³-hybridized carbons (Fsp3) is 0.368. The number of aryl methyl sites for hydroxylation is 1. The van der Waals surface area contributed by atoms with E-state index in [2.05, 4.69) is 56.9 Å². The number of benzene rings is 1. The molecule has 0 spiro atoms. The van der Waals surface area contributed by atoms with Gasteiger partial charge in [0.15, 0.2) is 0 Å². The number of rotatable bonds is 5. The van der Waals surface area contributed by atoms with Crippen LogP contribution in [0.2, 0.25) is 0 Å². The van der Waals surface area contributed by atoms with Crippen molar-refractivity contribution in [2.24, 2.45) is 0 Å². The van der Waals surface area contributed by atoms with Crippen LogP contribution in [0.25, 0.3) is 0 Å². The third-order valence-electron chi connectivity index (χ3n) is 3.54. The number of amides is 1. The first-order valence-electron chi connectivity index (χ1n) is 7.76. The average Bonchev–Trinajstić information content (AvgIpc) is 2.52. The molecule has 0 unspecified atom stereocenters. The van der Waals surface area contributed by atoms with Gasteiger partial charge in [0.2, 0.25) is 5.91 Å². The van der Waals surface area contributed by atoms with Crippen molar-refractivity contribution in [3.05, 3.63) is 59.9 Å². The van der Waals surface area contributed by atoms with Gasteiger partial charge in [-0.05, 0) is 52.0 Å². The summed E-state index contributed by atoms with van der Waals surface area (Å²) in [7, 11) is 0. The Morgan fingerprint density at radius 2 is 1.83 bits per heavy atom. The summed E-state index contributed by atoms with van der Waals surface area (Å²) in [5.74, 6) is 0.571. The lowest BCUT2D eigenvalue weighted by Gasteiger charge is -2.35. The van der Waals surface area contributed by atoms with Crippen LogP contribution in [0.5, 0.6) is 0 Å². The van der Waals surface area contributed by atoms with Gasteiger partial charge in [0.25, 0.3) is 0 Å². The molecule has 0 aliphatic heterocycles. The Balaban J connectivity index is 2.03. The van der Waals surface area contributed by atoms with Crippen LogP contribution >= 0.6 is 11.8 Å². The highest BCUT2D eigenvalue weighted by molar-refractivity contribution is 8.00. The normalized spacial score (nSPS) is 11.3. The zero-order valence-corrected chi connectivity index (χ0v) is 15.1. The van der Waals surface area contributed by atoms with Crippen LogP contribution in [0.4, 0.5) is 0 Å². The Morgan fingerprint density at radius 3 is 2.39 bits per heavy atom. The molecule has 0 saturated carbocycles. The molecule has 4 heteroatoms. The lowest BCUT2D eigenvalue weighted by atomic mass is 10.1. The molecule has 122 valence electrons. The number of carbonyl (C=O) groups is 1. The van der Waals surface area contributed by atoms with Crippen LogP contribution in [-0.2, 0) is 11.3 Å². The predicted octanol–water partition coefficient (Wildman–Crippen LogP) is 4.31. The highest BCUT2D eigenvalue weighted by Gasteiger charge is 2.26. The number of pyridine rings is 1. The van der Waals surface area contributed by atoms with Crippen LogP contribution in [0.3, 0.4) is 0 Å². The molecule has 0 bridgehead atoms. The van der Waals surface area contributed by atoms with Gasteiger partial charge < -0.3 is 4.90 Å². The number of aromatic nitrogens is 1. The van der Waals surface area contributed by atoms with Crippen molar-refractivity contribution >= 4 is 17.7 Å². The summed E-state index contributed by atoms with van der Waals surface area (Å²) in [4.78, 5) is 20.1. The van der Waals surface area contributed by atoms with Gasteiger partial charge >= 0.3 is 0 Å². The van der Waals surface area contributed by atoms with E-state index in [1.54, 1.807) is 18.0 Å². The zero-order valence-electron chi connectivity index (χ0n) is 14.2. The minimum absolute atomic E-state index is 0.133. The third-order valence-corrected chi connectivity index (χ3v) is 4.54. The minimum atomic E-state index is -0.234. The Bertz CT molecular complexity index is 633. The smallest absolute Gasteiger partial charge is 0.233 e. The Morgan fingerprint density at radius 1 is 1.13 bits per heavy atom. The van der Waals surface area contributed by atoms with Crippen molar-refractivity contribution in [3.63, 3.8) is 0 Å². The fourth-order valence-electron chi connectivity index (χ4n) is 2.21. The standard InChI is InChI=1S/C19H24N2OS/c1-15-8-10-17(11-9-15)23-14-18(22)21(19(2,3)4)13-16-7-5-6-12-20-16/h5-12H,13-14H2,1-4H3. The van der Waals surface area contributed by atoms with Crippen LogP contribution in [0.1, 0.15) is 32.0 Å². The van der Waals surface area contributed by atoms with E-state index in [1.165, 1.54) is 5.56 Å².